The van der Waals surface area contributed by atoms with Crippen molar-refractivity contribution in [2.45, 2.75) is 10.8 Å². The first-order valence-electron chi connectivity index (χ1n) is 27.8. The molecule has 14 aromatic rings. The van der Waals surface area contributed by atoms with Crippen molar-refractivity contribution in [3.63, 3.8) is 0 Å². The van der Waals surface area contributed by atoms with Gasteiger partial charge in [-0.1, -0.05) is 202 Å². The van der Waals surface area contributed by atoms with Gasteiger partial charge in [-0.15, -0.1) is 0 Å². The summed E-state index contributed by atoms with van der Waals surface area (Å²) in [6, 6.07) is 93.9. The quantitative estimate of drug-likeness (QED) is 0.128. The fourth-order valence-electron chi connectivity index (χ4n) is 15.3. The van der Waals surface area contributed by atoms with Crippen LogP contribution in [0.25, 0.3) is 104 Å². The Morgan fingerprint density at radius 1 is 0.365 bits per heavy atom. The minimum atomic E-state index is -0.671. The number of halogens is 2. The maximum atomic E-state index is 10.0. The Kier molecular flexibility index (Phi) is 12.0. The summed E-state index contributed by atoms with van der Waals surface area (Å²) in [5.74, 6) is 0. The molecule has 0 saturated heterocycles. The van der Waals surface area contributed by atoms with E-state index in [0.29, 0.717) is 11.3 Å². The van der Waals surface area contributed by atoms with Crippen molar-refractivity contribution >= 4 is 81.2 Å². The van der Waals surface area contributed by atoms with Crippen molar-refractivity contribution in [2.75, 3.05) is 0 Å². The first kappa shape index (κ1) is 52.0. The van der Waals surface area contributed by atoms with Gasteiger partial charge >= 0.3 is 17.1 Å². The second-order valence-electron chi connectivity index (χ2n) is 21.8. The molecule has 1 atom stereocenters. The fourth-order valence-corrected chi connectivity index (χ4v) is 16.0. The normalized spacial score (nSPS) is 14.3. The molecule has 18 rings (SSSR count). The van der Waals surface area contributed by atoms with E-state index in [-0.39, 0.29) is 17.1 Å². The summed E-state index contributed by atoms with van der Waals surface area (Å²) in [6.45, 7) is 12.6. The van der Waals surface area contributed by atoms with Crippen LogP contribution in [-0.4, -0.2) is 9.13 Å². The Bertz CT molecular complexity index is 5180. The van der Waals surface area contributed by atoms with Crippen LogP contribution >= 0.6 is 31.9 Å². The van der Waals surface area contributed by atoms with Crippen LogP contribution in [0, 0.1) is 29.7 Å². The van der Waals surface area contributed by atoms with Crippen LogP contribution in [0.5, 0.6) is 0 Å². The Labute approximate surface area is 518 Å². The first-order valence-corrected chi connectivity index (χ1v) is 29.4. The van der Waals surface area contributed by atoms with Crippen LogP contribution in [0.3, 0.4) is 0 Å². The average molecular weight is 1260 g/mol. The molecule has 0 N–H and O–H groups in total. The van der Waals surface area contributed by atoms with Gasteiger partial charge in [0.15, 0.2) is 5.69 Å². The van der Waals surface area contributed by atoms with E-state index in [1.54, 1.807) is 0 Å². The minimum absolute atomic E-state index is 0. The van der Waals surface area contributed by atoms with Gasteiger partial charge in [-0.25, -0.2) is 4.85 Å². The van der Waals surface area contributed by atoms with Gasteiger partial charge in [-0.3, -0.25) is 0 Å². The predicted octanol–water partition coefficient (Wildman–Crippen LogP) is 20.3. The molecule has 8 heteroatoms. The zero-order valence-corrected chi connectivity index (χ0v) is 49.2. The predicted molar refractivity (Wildman–Crippen MR) is 346 cm³/mol. The third kappa shape index (κ3) is 6.93. The monoisotopic (exact) mass is 1260 g/mol. The number of hydrogen-bond donors (Lipinski definition) is 0. The Hall–Kier alpha value is -9.81. The van der Waals surface area contributed by atoms with Crippen molar-refractivity contribution < 1.29 is 17.1 Å². The van der Waals surface area contributed by atoms with Gasteiger partial charge in [0, 0.05) is 41.9 Å². The van der Waals surface area contributed by atoms with Crippen LogP contribution in [0.2, 0.25) is 0 Å². The maximum absolute atomic E-state index is 10.0. The second-order valence-corrected chi connectivity index (χ2v) is 23.7. The molecule has 0 aliphatic heterocycles. The number of benzene rings is 12. The molecule has 0 fully saturated rings. The summed E-state index contributed by atoms with van der Waals surface area (Å²) in [6.07, 6.45) is 0. The largest absolute Gasteiger partial charge is 1.00 e. The average Bonchev–Trinajstić information content (AvgIpc) is 1.59. The van der Waals surface area contributed by atoms with E-state index in [0.717, 1.165) is 47.9 Å². The molecule has 0 radical (unpaired) electrons. The van der Waals surface area contributed by atoms with E-state index in [9.17, 15) is 5.26 Å². The Balaban J connectivity index is 0.000000139. The van der Waals surface area contributed by atoms with E-state index >= 15 is 0 Å². The third-order valence-electron chi connectivity index (χ3n) is 18.1. The number of rotatable bonds is 2. The van der Waals surface area contributed by atoms with Crippen LogP contribution < -0.4 is 0 Å². The smallest absolute Gasteiger partial charge is 0.512 e. The van der Waals surface area contributed by atoms with E-state index in [4.69, 9.17) is 18.4 Å². The van der Waals surface area contributed by atoms with Gasteiger partial charge in [0.2, 0.25) is 0 Å². The number of nitriles is 1. The van der Waals surface area contributed by atoms with Crippen LogP contribution in [0.4, 0.5) is 5.69 Å². The number of fused-ring (bicyclic) bond motifs is 28. The first-order chi connectivity index (χ1) is 41.4. The molecule has 85 heavy (non-hydrogen) atoms. The molecular weight excluding hydrogens is 1220 g/mol. The second kappa shape index (κ2) is 19.7. The SMILES string of the molecule is Brc1ccc2c(c1)C1(c3cc(Br)ccc3-2)c2ccccc2-c2ccc3c(c21)c1ccccc1n3-c1ccccc1.[C-]#N.[C-]#[N+]c1ccc2c(c1)C1(c3cc(C#N)ccc3-2)c2ccccc2-c2ccc3c(c21)c1ccccc1n3-c1ccccc1.[Cu+]. The van der Waals surface area contributed by atoms with Crippen molar-refractivity contribution in [2.24, 2.45) is 0 Å². The third-order valence-corrected chi connectivity index (χ3v) is 19.1. The molecule has 0 bridgehead atoms. The molecule has 2 spiro atoms. The van der Waals surface area contributed by atoms with Crippen LogP contribution in [0.1, 0.15) is 50.1 Å². The minimum Gasteiger partial charge on any atom is -0.512 e. The summed E-state index contributed by atoms with van der Waals surface area (Å²) in [5, 5.41) is 21.3. The summed E-state index contributed by atoms with van der Waals surface area (Å²) >= 11 is 7.69. The maximum Gasteiger partial charge on any atom is 1.00 e. The summed E-state index contributed by atoms with van der Waals surface area (Å²) in [4.78, 5) is 3.86. The van der Waals surface area contributed by atoms with Gasteiger partial charge in [0.25, 0.3) is 0 Å². The molecule has 12 aromatic carbocycles. The number of hydrogen-bond acceptors (Lipinski definition) is 2. The van der Waals surface area contributed by atoms with Crippen molar-refractivity contribution in [3.05, 3.63) is 332 Å². The fraction of sp³-hybridized carbons (Fsp3) is 0.0260. The van der Waals surface area contributed by atoms with E-state index in [1.807, 2.05) is 12.1 Å². The van der Waals surface area contributed by atoms with Gasteiger partial charge in [-0.05, 0) is 174 Å². The van der Waals surface area contributed by atoms with Gasteiger partial charge in [0.05, 0.1) is 51.1 Å². The molecule has 400 valence electrons. The van der Waals surface area contributed by atoms with Gasteiger partial charge in [-0.2, -0.15) is 5.26 Å². The zero-order valence-electron chi connectivity index (χ0n) is 45.0. The molecule has 2 heterocycles. The number of aromatic nitrogens is 2. The molecule has 0 saturated carbocycles. The van der Waals surface area contributed by atoms with E-state index in [1.165, 1.54) is 105 Å². The van der Waals surface area contributed by atoms with Gasteiger partial charge < -0.3 is 21.0 Å². The molecule has 4 aliphatic carbocycles. The van der Waals surface area contributed by atoms with Crippen molar-refractivity contribution in [1.29, 1.82) is 10.5 Å². The molecule has 0 amide bonds. The molecular formula is C77H42Br2CuN5. The summed E-state index contributed by atoms with van der Waals surface area (Å²) < 4.78 is 6.99. The molecule has 2 aromatic heterocycles. The molecule has 4 aliphatic rings. The standard InChI is InChI=1S/C39H21N3.C37H21Br2N.CN.Cu/c1-41-25-16-18-29-28-17-15-24(23-40)21-33(28)39(34(29)22-25)32-13-7-5-11-27(32)30-19-20-36-37(38(30)39)31-12-6-8-14-35(31)42(36)26-9-3-2-4-10-26;38-22-14-16-26-27-17-15-23(39)21-32(27)37(31(26)20-22)30-12-6-4-10-25(30)28-18-19-34-35(36(28)37)29-11-5-7-13-33(29)40(34)24-8-2-1-3-9-24;1-2;/h2-22H;1-21H;;/q;;-1;+1. The van der Waals surface area contributed by atoms with Gasteiger partial charge in [0.1, 0.15) is 0 Å². The van der Waals surface area contributed by atoms with Crippen LogP contribution in [-0.2, 0) is 27.9 Å². The summed E-state index contributed by atoms with van der Waals surface area (Å²) in [7, 11) is 0. The van der Waals surface area contributed by atoms with E-state index < -0.39 is 10.8 Å². The molecule has 1 unspecified atom stereocenters. The topological polar surface area (TPSA) is 61.8 Å². The number of para-hydroxylation sites is 4. The van der Waals surface area contributed by atoms with Crippen LogP contribution in [0.15, 0.2) is 264 Å². The zero-order chi connectivity index (χ0) is 56.6. The van der Waals surface area contributed by atoms with Crippen molar-refractivity contribution in [1.82, 2.24) is 9.13 Å². The van der Waals surface area contributed by atoms with E-state index in [2.05, 4.69) is 295 Å². The van der Waals surface area contributed by atoms with Crippen molar-refractivity contribution in [3.8, 4) is 62.0 Å². The molecule has 5 nitrogen and oxygen atoms in total. The number of nitrogens with zero attached hydrogens (tertiary/aromatic N) is 5. The Morgan fingerprint density at radius 3 is 1.21 bits per heavy atom. The Morgan fingerprint density at radius 2 is 0.741 bits per heavy atom. The summed E-state index contributed by atoms with van der Waals surface area (Å²) in [5.41, 5.74) is 27.1.